The van der Waals surface area contributed by atoms with Crippen LogP contribution in [0.3, 0.4) is 0 Å². The van der Waals surface area contributed by atoms with Crippen molar-refractivity contribution in [3.05, 3.63) is 65.9 Å². The van der Waals surface area contributed by atoms with Crippen LogP contribution in [0.5, 0.6) is 0 Å². The number of hydrogen-bond acceptors (Lipinski definition) is 6. The lowest BCUT2D eigenvalue weighted by molar-refractivity contribution is -0.161. The molecular formula is C32H42N4O6Si. The summed E-state index contributed by atoms with van der Waals surface area (Å²) in [6.45, 7) is 12.5. The Kier molecular flexibility index (Phi) is 9.64. The lowest BCUT2D eigenvalue weighted by Crippen LogP contribution is -2.42. The van der Waals surface area contributed by atoms with E-state index in [2.05, 4.69) is 35.3 Å². The van der Waals surface area contributed by atoms with Crippen molar-refractivity contribution in [3.63, 3.8) is 0 Å². The van der Waals surface area contributed by atoms with Crippen LogP contribution in [0.2, 0.25) is 25.7 Å². The fourth-order valence-corrected chi connectivity index (χ4v) is 5.82. The van der Waals surface area contributed by atoms with E-state index in [1.807, 2.05) is 51.2 Å². The number of rotatable bonds is 9. The fraction of sp³-hybridized carbons (Fsp3) is 0.438. The number of aromatic nitrogens is 1. The minimum absolute atomic E-state index is 0.274. The maximum Gasteiger partial charge on any atom is 0.338 e. The van der Waals surface area contributed by atoms with Crippen molar-refractivity contribution in [1.29, 1.82) is 0 Å². The SMILES string of the molecule is CC(C)(C)OC(=O)C1CCN(C(=O)CNC(=O)Nc2cccc(C(=O)OCC[Si](C)(C)C)c2)[C@@H]1c1c[nH]c2ccccc12. The highest BCUT2D eigenvalue weighted by Gasteiger charge is 2.44. The minimum Gasteiger partial charge on any atom is -0.462 e. The average molecular weight is 607 g/mol. The van der Waals surface area contributed by atoms with Gasteiger partial charge in [0.25, 0.3) is 0 Å². The summed E-state index contributed by atoms with van der Waals surface area (Å²) in [6, 6.07) is 13.9. The molecule has 230 valence electrons. The van der Waals surface area contributed by atoms with E-state index in [9.17, 15) is 19.2 Å². The molecule has 1 aliphatic rings. The third-order valence-corrected chi connectivity index (χ3v) is 8.91. The van der Waals surface area contributed by atoms with E-state index in [0.717, 1.165) is 22.5 Å². The number of carbonyl (C=O) groups is 4. The number of ether oxygens (including phenoxy) is 2. The largest absolute Gasteiger partial charge is 0.462 e. The van der Waals surface area contributed by atoms with Crippen LogP contribution in [0.15, 0.2) is 54.7 Å². The highest BCUT2D eigenvalue weighted by Crippen LogP contribution is 2.41. The van der Waals surface area contributed by atoms with Crippen LogP contribution in [0.4, 0.5) is 10.5 Å². The zero-order chi connectivity index (χ0) is 31.4. The predicted octanol–water partition coefficient (Wildman–Crippen LogP) is 5.72. The second-order valence-corrected chi connectivity index (χ2v) is 18.7. The van der Waals surface area contributed by atoms with Crippen molar-refractivity contribution in [2.75, 3.05) is 25.0 Å². The van der Waals surface area contributed by atoms with E-state index in [-0.39, 0.29) is 18.4 Å². The van der Waals surface area contributed by atoms with E-state index in [0.29, 0.717) is 30.8 Å². The van der Waals surface area contributed by atoms with Gasteiger partial charge in [-0.25, -0.2) is 9.59 Å². The lowest BCUT2D eigenvalue weighted by Gasteiger charge is -2.29. The monoisotopic (exact) mass is 606 g/mol. The van der Waals surface area contributed by atoms with Gasteiger partial charge in [0.05, 0.1) is 30.7 Å². The number of H-pyrrole nitrogens is 1. The standard InChI is InChI=1S/C32H42N4O6Si/c1-32(2,3)42-30(39)24-14-15-36(28(24)25-19-33-26-13-8-7-12-23(25)26)27(37)20-34-31(40)35-22-11-9-10-21(18-22)29(38)41-16-17-43(4,5)6/h7-13,18-19,24,28,33H,14-17,20H2,1-6H3,(H2,34,35,40)/t24?,28-/m0/s1. The number of esters is 2. The Bertz CT molecular complexity index is 1490. The molecule has 0 spiro atoms. The summed E-state index contributed by atoms with van der Waals surface area (Å²) in [4.78, 5) is 56.8. The molecule has 11 heteroatoms. The number of anilines is 1. The summed E-state index contributed by atoms with van der Waals surface area (Å²) < 4.78 is 11.1. The van der Waals surface area contributed by atoms with Gasteiger partial charge in [0, 0.05) is 43.0 Å². The molecule has 2 aromatic carbocycles. The molecule has 10 nitrogen and oxygen atoms in total. The molecule has 4 rings (SSSR count). The predicted molar refractivity (Wildman–Crippen MR) is 169 cm³/mol. The van der Waals surface area contributed by atoms with Crippen molar-refractivity contribution in [2.45, 2.75) is 64.5 Å². The molecule has 1 saturated heterocycles. The summed E-state index contributed by atoms with van der Waals surface area (Å²) >= 11 is 0. The number of hydrogen-bond donors (Lipinski definition) is 3. The van der Waals surface area contributed by atoms with E-state index in [1.165, 1.54) is 6.07 Å². The van der Waals surface area contributed by atoms with Gasteiger partial charge in [-0.05, 0) is 57.5 Å². The summed E-state index contributed by atoms with van der Waals surface area (Å²) in [5.41, 5.74) is 1.79. The molecule has 43 heavy (non-hydrogen) atoms. The molecule has 0 radical (unpaired) electrons. The Balaban J connectivity index is 1.41. The topological polar surface area (TPSA) is 130 Å². The van der Waals surface area contributed by atoms with Crippen LogP contribution in [0, 0.1) is 5.92 Å². The van der Waals surface area contributed by atoms with Crippen molar-refractivity contribution >= 4 is 48.5 Å². The molecule has 3 N–H and O–H groups in total. The molecule has 3 aromatic rings. The van der Waals surface area contributed by atoms with Crippen LogP contribution in [0.25, 0.3) is 10.9 Å². The first-order valence-electron chi connectivity index (χ1n) is 14.6. The summed E-state index contributed by atoms with van der Waals surface area (Å²) in [6.07, 6.45) is 2.28. The van der Waals surface area contributed by atoms with Gasteiger partial charge in [0.1, 0.15) is 5.60 Å². The highest BCUT2D eigenvalue weighted by atomic mass is 28.3. The van der Waals surface area contributed by atoms with Gasteiger partial charge in [0.2, 0.25) is 5.91 Å². The number of nitrogens with one attached hydrogen (secondary N) is 3. The Labute approximate surface area is 253 Å². The van der Waals surface area contributed by atoms with E-state index < -0.39 is 37.6 Å². The zero-order valence-electron chi connectivity index (χ0n) is 25.8. The number of aromatic amines is 1. The zero-order valence-corrected chi connectivity index (χ0v) is 26.8. The molecule has 2 heterocycles. The van der Waals surface area contributed by atoms with Gasteiger partial charge < -0.3 is 30.0 Å². The van der Waals surface area contributed by atoms with Crippen LogP contribution < -0.4 is 10.6 Å². The number of carbonyl (C=O) groups excluding carboxylic acids is 4. The smallest absolute Gasteiger partial charge is 0.338 e. The number of benzene rings is 2. The average Bonchev–Trinajstić information content (AvgIpc) is 3.54. The Morgan fingerprint density at radius 3 is 2.51 bits per heavy atom. The normalized spacial score (nSPS) is 17.0. The first-order chi connectivity index (χ1) is 20.2. The van der Waals surface area contributed by atoms with Crippen LogP contribution in [-0.4, -0.2) is 67.1 Å². The van der Waals surface area contributed by atoms with Gasteiger partial charge in [-0.15, -0.1) is 0 Å². The van der Waals surface area contributed by atoms with Crippen LogP contribution in [-0.2, 0) is 19.1 Å². The number of likely N-dealkylation sites (tertiary alicyclic amines) is 1. The summed E-state index contributed by atoms with van der Waals surface area (Å²) in [5.74, 6) is -1.68. The maximum absolute atomic E-state index is 13.5. The molecule has 0 saturated carbocycles. The molecular weight excluding hydrogens is 564 g/mol. The number of urea groups is 1. The maximum atomic E-state index is 13.5. The summed E-state index contributed by atoms with van der Waals surface area (Å²) in [5, 5.41) is 6.22. The van der Waals surface area contributed by atoms with Gasteiger partial charge in [0.15, 0.2) is 0 Å². The second kappa shape index (κ2) is 13.0. The third-order valence-electron chi connectivity index (χ3n) is 7.21. The van der Waals surface area contributed by atoms with Crippen molar-refractivity contribution < 1.29 is 28.7 Å². The quantitative estimate of drug-likeness (QED) is 0.211. The van der Waals surface area contributed by atoms with Crippen LogP contribution >= 0.6 is 0 Å². The third kappa shape index (κ3) is 8.47. The van der Waals surface area contributed by atoms with Gasteiger partial charge in [-0.2, -0.15) is 0 Å². The van der Waals surface area contributed by atoms with E-state index >= 15 is 0 Å². The number of amides is 3. The van der Waals surface area contributed by atoms with Crippen molar-refractivity contribution in [3.8, 4) is 0 Å². The van der Waals surface area contributed by atoms with Gasteiger partial charge in [-0.3, -0.25) is 9.59 Å². The number of fused-ring (bicyclic) bond motifs is 1. The van der Waals surface area contributed by atoms with Gasteiger partial charge in [-0.1, -0.05) is 43.9 Å². The fourth-order valence-electron chi connectivity index (χ4n) is 5.11. The minimum atomic E-state index is -1.34. The van der Waals surface area contributed by atoms with Crippen LogP contribution in [0.1, 0.15) is 49.2 Å². The van der Waals surface area contributed by atoms with E-state index in [4.69, 9.17) is 9.47 Å². The molecule has 1 aromatic heterocycles. The van der Waals surface area contributed by atoms with E-state index in [1.54, 1.807) is 23.1 Å². The molecule has 1 fully saturated rings. The second-order valence-electron chi connectivity index (χ2n) is 13.1. The molecule has 1 unspecified atom stereocenters. The van der Waals surface area contributed by atoms with Gasteiger partial charge >= 0.3 is 18.0 Å². The van der Waals surface area contributed by atoms with Crippen molar-refractivity contribution in [1.82, 2.24) is 15.2 Å². The Morgan fingerprint density at radius 1 is 1.05 bits per heavy atom. The first kappa shape index (κ1) is 31.8. The van der Waals surface area contributed by atoms with Crippen molar-refractivity contribution in [2.24, 2.45) is 5.92 Å². The highest BCUT2D eigenvalue weighted by molar-refractivity contribution is 6.76. The number of nitrogens with zero attached hydrogens (tertiary/aromatic N) is 1. The molecule has 0 aliphatic carbocycles. The molecule has 0 bridgehead atoms. The first-order valence-corrected chi connectivity index (χ1v) is 18.3. The molecule has 1 aliphatic heterocycles. The Hall–Kier alpha value is -4.12. The molecule has 2 atom stereocenters. The number of para-hydroxylation sites is 1. The lowest BCUT2D eigenvalue weighted by atomic mass is 9.93. The molecule has 3 amide bonds. The summed E-state index contributed by atoms with van der Waals surface area (Å²) in [7, 11) is -1.34. The Morgan fingerprint density at radius 2 is 1.79 bits per heavy atom.